The number of aromatic amines is 1. The predicted molar refractivity (Wildman–Crippen MR) is 78.6 cm³/mol. The molecule has 0 saturated carbocycles. The summed E-state index contributed by atoms with van der Waals surface area (Å²) in [4.78, 5) is 15.6. The number of fused-ring (bicyclic) bond motifs is 1. The van der Waals surface area contributed by atoms with Crippen LogP contribution >= 0.6 is 11.8 Å². The summed E-state index contributed by atoms with van der Waals surface area (Å²) in [5.74, 6) is -1.19. The molecule has 0 saturated heterocycles. The van der Waals surface area contributed by atoms with Crippen molar-refractivity contribution in [2.45, 2.75) is 17.7 Å². The summed E-state index contributed by atoms with van der Waals surface area (Å²) in [7, 11) is 0. The lowest BCUT2D eigenvalue weighted by atomic mass is 9.96. The highest BCUT2D eigenvalue weighted by molar-refractivity contribution is 7.98. The molecule has 5 heteroatoms. The molecule has 1 heterocycles. The first kappa shape index (κ1) is 14.0. The molecule has 0 bridgehead atoms. The zero-order valence-electron chi connectivity index (χ0n) is 10.8. The number of carbonyl (C=O) groups is 1. The zero-order valence-corrected chi connectivity index (χ0v) is 11.7. The Morgan fingerprint density at radius 2 is 2.32 bits per heavy atom. The second-order valence-corrected chi connectivity index (χ2v) is 5.36. The number of hydrogen-bond donors (Lipinski definition) is 3. The minimum atomic E-state index is -0.776. The van der Waals surface area contributed by atoms with Gasteiger partial charge in [-0.15, -0.1) is 11.8 Å². The number of aliphatic carboxylic acids is 1. The van der Waals surface area contributed by atoms with E-state index in [9.17, 15) is 9.90 Å². The van der Waals surface area contributed by atoms with Gasteiger partial charge in [-0.3, -0.25) is 4.79 Å². The Morgan fingerprint density at radius 1 is 1.53 bits per heavy atom. The number of H-pyrrole nitrogens is 1. The highest BCUT2D eigenvalue weighted by Crippen LogP contribution is 2.30. The van der Waals surface area contributed by atoms with Crippen LogP contribution in [0.2, 0.25) is 0 Å². The van der Waals surface area contributed by atoms with Crippen LogP contribution in [0.25, 0.3) is 10.9 Å². The van der Waals surface area contributed by atoms with E-state index in [4.69, 9.17) is 5.73 Å². The number of aromatic nitrogens is 1. The van der Waals surface area contributed by atoms with Gasteiger partial charge in [0.1, 0.15) is 0 Å². The van der Waals surface area contributed by atoms with Crippen LogP contribution in [0.3, 0.4) is 0 Å². The molecule has 0 spiro atoms. The number of rotatable bonds is 6. The van der Waals surface area contributed by atoms with E-state index in [2.05, 4.69) is 11.1 Å². The molecule has 0 aliphatic carbocycles. The molecule has 4 N–H and O–H groups in total. The Hall–Kier alpha value is -1.46. The highest BCUT2D eigenvalue weighted by Gasteiger charge is 2.19. The molecule has 0 amide bonds. The van der Waals surface area contributed by atoms with Crippen molar-refractivity contribution in [1.29, 1.82) is 0 Å². The third-order valence-electron chi connectivity index (χ3n) is 3.30. The number of thioether (sulfide) groups is 1. The Morgan fingerprint density at radius 3 is 2.95 bits per heavy atom. The average Bonchev–Trinajstić information content (AvgIpc) is 2.81. The lowest BCUT2D eigenvalue weighted by molar-refractivity contribution is -0.141. The topological polar surface area (TPSA) is 79.1 Å². The van der Waals surface area contributed by atoms with Gasteiger partial charge in [0.25, 0.3) is 0 Å². The summed E-state index contributed by atoms with van der Waals surface area (Å²) < 4.78 is 0. The summed E-state index contributed by atoms with van der Waals surface area (Å²) in [5, 5.41) is 10.4. The van der Waals surface area contributed by atoms with Gasteiger partial charge < -0.3 is 15.8 Å². The number of nitrogens with one attached hydrogen (secondary N) is 1. The molecule has 1 atom stereocenters. The maximum Gasteiger partial charge on any atom is 0.306 e. The van der Waals surface area contributed by atoms with Crippen LogP contribution in [-0.2, 0) is 11.2 Å². The first-order chi connectivity index (χ1) is 9.17. The van der Waals surface area contributed by atoms with Crippen molar-refractivity contribution < 1.29 is 9.90 Å². The Balaban J connectivity index is 2.37. The average molecular weight is 278 g/mol. The van der Waals surface area contributed by atoms with Crippen molar-refractivity contribution in [3.05, 3.63) is 30.0 Å². The van der Waals surface area contributed by atoms with Crippen molar-refractivity contribution in [3.8, 4) is 0 Å². The molecular formula is C14H18N2O2S. The number of benzene rings is 1. The van der Waals surface area contributed by atoms with E-state index >= 15 is 0 Å². The lowest BCUT2D eigenvalue weighted by Crippen LogP contribution is -2.20. The van der Waals surface area contributed by atoms with Crippen LogP contribution in [0.4, 0.5) is 0 Å². The van der Waals surface area contributed by atoms with Crippen LogP contribution in [0, 0.1) is 5.92 Å². The molecular weight excluding hydrogens is 260 g/mol. The predicted octanol–water partition coefficient (Wildman–Crippen LogP) is 2.48. The second-order valence-electron chi connectivity index (χ2n) is 4.51. The normalized spacial score (nSPS) is 12.7. The third-order valence-corrected chi connectivity index (χ3v) is 4.08. The van der Waals surface area contributed by atoms with Crippen molar-refractivity contribution >= 4 is 28.6 Å². The van der Waals surface area contributed by atoms with Crippen LogP contribution < -0.4 is 5.73 Å². The van der Waals surface area contributed by atoms with E-state index < -0.39 is 11.9 Å². The first-order valence-electron chi connectivity index (χ1n) is 6.23. The standard InChI is InChI=1S/C14H18N2O2S/c1-19-12-4-2-3-11-13(12)10(8-16-11)7-9(5-6-15)14(17)18/h2-4,8-9,16H,5-7,15H2,1H3,(H,17,18). The molecule has 19 heavy (non-hydrogen) atoms. The summed E-state index contributed by atoms with van der Waals surface area (Å²) >= 11 is 1.67. The molecule has 4 nitrogen and oxygen atoms in total. The molecule has 102 valence electrons. The molecule has 2 rings (SSSR count). The molecule has 0 aliphatic rings. The van der Waals surface area contributed by atoms with Gasteiger partial charge in [0.2, 0.25) is 0 Å². The number of carboxylic acids is 1. The quantitative estimate of drug-likeness (QED) is 0.709. The van der Waals surface area contributed by atoms with Gasteiger partial charge in [0.05, 0.1) is 5.92 Å². The lowest BCUT2D eigenvalue weighted by Gasteiger charge is -2.11. The van der Waals surface area contributed by atoms with Gasteiger partial charge in [-0.25, -0.2) is 0 Å². The maximum absolute atomic E-state index is 11.2. The van der Waals surface area contributed by atoms with Gasteiger partial charge in [0.15, 0.2) is 0 Å². The van der Waals surface area contributed by atoms with Crippen LogP contribution in [-0.4, -0.2) is 28.9 Å². The summed E-state index contributed by atoms with van der Waals surface area (Å²) in [6.45, 7) is 0.398. The molecule has 0 radical (unpaired) electrons. The Kier molecular flexibility index (Phi) is 4.50. The second kappa shape index (κ2) is 6.12. The van der Waals surface area contributed by atoms with E-state index in [0.29, 0.717) is 19.4 Å². The molecule has 0 fully saturated rings. The van der Waals surface area contributed by atoms with Crippen molar-refractivity contribution in [3.63, 3.8) is 0 Å². The number of carboxylic acid groups (broad SMARTS) is 1. The van der Waals surface area contributed by atoms with Gasteiger partial charge in [-0.2, -0.15) is 0 Å². The summed E-state index contributed by atoms with van der Waals surface area (Å²) in [6, 6.07) is 6.07. The minimum absolute atomic E-state index is 0.398. The van der Waals surface area contributed by atoms with E-state index in [1.807, 2.05) is 24.6 Å². The van der Waals surface area contributed by atoms with Crippen LogP contribution in [0.5, 0.6) is 0 Å². The Labute approximate surface area is 116 Å². The fourth-order valence-corrected chi connectivity index (χ4v) is 2.99. The van der Waals surface area contributed by atoms with Crippen molar-refractivity contribution in [2.75, 3.05) is 12.8 Å². The summed E-state index contributed by atoms with van der Waals surface area (Å²) in [5.41, 5.74) is 7.60. The smallest absolute Gasteiger partial charge is 0.306 e. The molecule has 0 aliphatic heterocycles. The third kappa shape index (κ3) is 2.93. The zero-order chi connectivity index (χ0) is 13.8. The van der Waals surface area contributed by atoms with E-state index in [-0.39, 0.29) is 0 Å². The van der Waals surface area contributed by atoms with Gasteiger partial charge >= 0.3 is 5.97 Å². The molecule has 2 aromatic rings. The molecule has 1 aromatic carbocycles. The summed E-state index contributed by atoms with van der Waals surface area (Å²) in [6.07, 6.45) is 4.96. The van der Waals surface area contributed by atoms with E-state index in [1.165, 1.54) is 4.90 Å². The van der Waals surface area contributed by atoms with Crippen molar-refractivity contribution in [2.24, 2.45) is 11.7 Å². The monoisotopic (exact) mass is 278 g/mol. The highest BCUT2D eigenvalue weighted by atomic mass is 32.2. The van der Waals surface area contributed by atoms with Gasteiger partial charge in [-0.1, -0.05) is 6.07 Å². The molecule has 1 aromatic heterocycles. The minimum Gasteiger partial charge on any atom is -0.481 e. The van der Waals surface area contributed by atoms with Crippen molar-refractivity contribution in [1.82, 2.24) is 4.98 Å². The molecule has 1 unspecified atom stereocenters. The fraction of sp³-hybridized carbons (Fsp3) is 0.357. The maximum atomic E-state index is 11.2. The number of nitrogens with two attached hydrogens (primary N) is 1. The Bertz CT molecular complexity index is 580. The fourth-order valence-electron chi connectivity index (χ4n) is 2.33. The van der Waals surface area contributed by atoms with Crippen LogP contribution in [0.1, 0.15) is 12.0 Å². The SMILES string of the molecule is CSc1cccc2[nH]cc(CC(CCN)C(=O)O)c12. The van der Waals surface area contributed by atoms with E-state index in [0.717, 1.165) is 16.5 Å². The van der Waals surface area contributed by atoms with E-state index in [1.54, 1.807) is 11.8 Å². The van der Waals surface area contributed by atoms with Crippen LogP contribution in [0.15, 0.2) is 29.3 Å². The number of hydrogen-bond acceptors (Lipinski definition) is 3. The first-order valence-corrected chi connectivity index (χ1v) is 7.45. The van der Waals surface area contributed by atoms with Gasteiger partial charge in [-0.05, 0) is 43.3 Å². The largest absolute Gasteiger partial charge is 0.481 e. The van der Waals surface area contributed by atoms with Gasteiger partial charge in [0, 0.05) is 22.0 Å².